The third-order valence-corrected chi connectivity index (χ3v) is 12.3. The second kappa shape index (κ2) is 14.2. The lowest BCUT2D eigenvalue weighted by Crippen LogP contribution is -2.59. The van der Waals surface area contributed by atoms with Gasteiger partial charge in [0.15, 0.2) is 0 Å². The number of nitrogens with one attached hydrogen (secondary N) is 3. The van der Waals surface area contributed by atoms with Crippen molar-refractivity contribution in [2.75, 3.05) is 20.1 Å². The first-order chi connectivity index (χ1) is 24.5. The summed E-state index contributed by atoms with van der Waals surface area (Å²) in [4.78, 5) is 71.4. The van der Waals surface area contributed by atoms with Gasteiger partial charge >= 0.3 is 18.3 Å². The van der Waals surface area contributed by atoms with Gasteiger partial charge in [0.1, 0.15) is 23.7 Å². The van der Waals surface area contributed by atoms with E-state index in [4.69, 9.17) is 4.74 Å². The number of nitrogens with zero attached hydrogens (tertiary/aromatic N) is 3. The maximum absolute atomic E-state index is 14.0. The molecule has 3 heterocycles. The van der Waals surface area contributed by atoms with Gasteiger partial charge < -0.3 is 25.2 Å². The summed E-state index contributed by atoms with van der Waals surface area (Å²) in [6.45, 7) is 3.92. The van der Waals surface area contributed by atoms with Gasteiger partial charge in [0.25, 0.3) is 5.91 Å². The first-order valence-corrected chi connectivity index (χ1v) is 19.0. The van der Waals surface area contributed by atoms with E-state index in [1.807, 2.05) is 22.9 Å². The van der Waals surface area contributed by atoms with Gasteiger partial charge in [-0.15, -0.1) is 6.58 Å². The summed E-state index contributed by atoms with van der Waals surface area (Å²) in [5, 5.41) is 4.00. The van der Waals surface area contributed by atoms with Crippen LogP contribution in [0.25, 0.3) is 0 Å². The van der Waals surface area contributed by atoms with E-state index in [-0.39, 0.29) is 32.5 Å². The van der Waals surface area contributed by atoms with E-state index in [9.17, 15) is 45.6 Å². The predicted molar refractivity (Wildman–Crippen MR) is 179 cm³/mol. The molecular formula is C34H43F3N6O8S. The normalized spacial score (nSPS) is 28.6. The zero-order valence-corrected chi connectivity index (χ0v) is 29.6. The van der Waals surface area contributed by atoms with Crippen molar-refractivity contribution >= 4 is 39.9 Å². The van der Waals surface area contributed by atoms with Crippen LogP contribution in [0.3, 0.4) is 0 Å². The highest BCUT2D eigenvalue weighted by molar-refractivity contribution is 7.91. The van der Waals surface area contributed by atoms with Gasteiger partial charge in [-0.25, -0.2) is 18.0 Å². The van der Waals surface area contributed by atoms with Gasteiger partial charge in [-0.05, 0) is 55.2 Å². The zero-order chi connectivity index (χ0) is 37.6. The molecule has 0 aromatic heterocycles. The number of carbonyl (C=O) groups excluding carboxylic acids is 5. The number of sulfonamides is 1. The summed E-state index contributed by atoms with van der Waals surface area (Å²) >= 11 is 0. The summed E-state index contributed by atoms with van der Waals surface area (Å²) in [6, 6.07) is 1.24. The van der Waals surface area contributed by atoms with E-state index in [0.29, 0.717) is 25.7 Å². The molecular weight excluding hydrogens is 709 g/mol. The van der Waals surface area contributed by atoms with Crippen LogP contribution in [0.4, 0.5) is 22.8 Å². The van der Waals surface area contributed by atoms with Crippen molar-refractivity contribution < 1.29 is 50.3 Å². The summed E-state index contributed by atoms with van der Waals surface area (Å²) in [7, 11) is -2.60. The second-order valence-corrected chi connectivity index (χ2v) is 16.4. The fourth-order valence-electron chi connectivity index (χ4n) is 7.30. The van der Waals surface area contributed by atoms with Crippen molar-refractivity contribution in [3.05, 3.63) is 47.5 Å². The van der Waals surface area contributed by atoms with Crippen LogP contribution in [-0.4, -0.2) is 108 Å². The molecule has 5 atom stereocenters. The molecule has 284 valence electrons. The molecule has 1 aromatic rings. The Bertz CT molecular complexity index is 1750. The highest BCUT2D eigenvalue weighted by Crippen LogP contribution is 2.45. The molecule has 14 nitrogen and oxygen atoms in total. The van der Waals surface area contributed by atoms with Crippen molar-refractivity contribution in [1.29, 1.82) is 0 Å². The molecule has 0 spiro atoms. The Hall–Kier alpha value is -4.35. The van der Waals surface area contributed by atoms with Crippen LogP contribution in [0.1, 0.15) is 68.1 Å². The number of aryl methyl sites for hydroxylation is 1. The van der Waals surface area contributed by atoms with Crippen LogP contribution >= 0.6 is 0 Å². The van der Waals surface area contributed by atoms with Crippen LogP contribution in [-0.2, 0) is 48.7 Å². The molecule has 1 saturated heterocycles. The highest BCUT2D eigenvalue weighted by Gasteiger charge is 2.62. The van der Waals surface area contributed by atoms with Crippen molar-refractivity contribution in [2.45, 2.75) is 106 Å². The maximum atomic E-state index is 14.0. The lowest BCUT2D eigenvalue weighted by Gasteiger charge is -2.31. The highest BCUT2D eigenvalue weighted by atomic mass is 32.2. The zero-order valence-electron chi connectivity index (χ0n) is 28.7. The van der Waals surface area contributed by atoms with Crippen LogP contribution < -0.4 is 15.4 Å². The van der Waals surface area contributed by atoms with E-state index < -0.39 is 93.9 Å². The van der Waals surface area contributed by atoms with Crippen molar-refractivity contribution in [1.82, 2.24) is 30.1 Å². The van der Waals surface area contributed by atoms with Gasteiger partial charge in [-0.3, -0.25) is 24.0 Å². The molecule has 3 aliphatic heterocycles. The number of hydrogen-bond acceptors (Lipinski definition) is 8. The van der Waals surface area contributed by atoms with Crippen LogP contribution in [0.5, 0.6) is 0 Å². The number of benzene rings is 1. The molecule has 2 saturated carbocycles. The number of urea groups is 1. The standard InChI is InChI=1S/C34H43F3N6O8S/c1-3-22-15-33(22,30(46)40-52(49,50)24-11-12-24)39-28(44)27-14-23-18-43(27)29(45)26(16-34(35,36)37)38-31(47)41(2)13-6-4-5-8-20-9-7-10-21-17-42(19-25(20)21)32(48)51-23/h3,7,9-10,22-24,26-27H,1,4-6,8,11-19H2,2H3,(H,38,47)(H,39,44)(H,40,46)/t22-,23-,26+,27+,33-/m1/s1. The molecule has 1 aromatic carbocycles. The Morgan fingerprint density at radius 2 is 1.85 bits per heavy atom. The number of rotatable bonds is 7. The predicted octanol–water partition coefficient (Wildman–Crippen LogP) is 2.47. The number of alkyl halides is 3. The van der Waals surface area contributed by atoms with Gasteiger partial charge in [0.2, 0.25) is 21.8 Å². The molecule has 18 heteroatoms. The SMILES string of the molecule is C=C[C@@H]1C[C@]1(NC(=O)[C@@H]1C[C@@H]2CN1C(=O)[C@H](CC(F)(F)F)NC(=O)N(C)CCCCCc1cccc3c1CN(C3)C(=O)O2)C(=O)NS(=O)(=O)C1CC1. The van der Waals surface area contributed by atoms with Gasteiger partial charge in [0, 0.05) is 39.0 Å². The van der Waals surface area contributed by atoms with E-state index in [2.05, 4.69) is 17.2 Å². The minimum absolute atomic E-state index is 0.00998. The Morgan fingerprint density at radius 1 is 1.12 bits per heavy atom. The molecule has 6 amide bonds. The fraction of sp³-hybridized carbons (Fsp3) is 0.618. The summed E-state index contributed by atoms with van der Waals surface area (Å²) < 4.78 is 74.6. The van der Waals surface area contributed by atoms with Gasteiger partial charge in [-0.2, -0.15) is 13.2 Å². The van der Waals surface area contributed by atoms with Crippen molar-refractivity contribution in [3.8, 4) is 0 Å². The average molecular weight is 753 g/mol. The Kier molecular flexibility index (Phi) is 10.2. The number of amides is 6. The van der Waals surface area contributed by atoms with E-state index in [0.717, 1.165) is 34.4 Å². The number of ether oxygens (including phenoxy) is 1. The molecule has 0 unspecified atom stereocenters. The molecule has 52 heavy (non-hydrogen) atoms. The van der Waals surface area contributed by atoms with E-state index in [1.54, 1.807) is 0 Å². The Morgan fingerprint density at radius 3 is 2.52 bits per heavy atom. The quantitative estimate of drug-likeness (QED) is 0.357. The molecule has 5 aliphatic rings. The third kappa shape index (κ3) is 8.00. The van der Waals surface area contributed by atoms with E-state index in [1.165, 1.54) is 22.9 Å². The fourth-order valence-corrected chi connectivity index (χ4v) is 8.66. The minimum Gasteiger partial charge on any atom is -0.444 e. The number of fused-ring (bicyclic) bond motifs is 3. The second-order valence-electron chi connectivity index (χ2n) is 14.4. The summed E-state index contributed by atoms with van der Waals surface area (Å²) in [5.74, 6) is -3.88. The molecule has 4 bridgehead atoms. The maximum Gasteiger partial charge on any atom is 0.410 e. The summed E-state index contributed by atoms with van der Waals surface area (Å²) in [5.41, 5.74) is 1.28. The Labute approximate surface area is 299 Å². The molecule has 6 rings (SSSR count). The largest absolute Gasteiger partial charge is 0.444 e. The molecule has 2 aliphatic carbocycles. The van der Waals surface area contributed by atoms with Gasteiger partial charge in [0.05, 0.1) is 18.2 Å². The number of carbonyl (C=O) groups is 5. The third-order valence-electron chi connectivity index (χ3n) is 10.5. The molecule has 3 fully saturated rings. The smallest absolute Gasteiger partial charge is 0.410 e. The molecule has 3 N–H and O–H groups in total. The van der Waals surface area contributed by atoms with Crippen molar-refractivity contribution in [3.63, 3.8) is 0 Å². The minimum atomic E-state index is -4.89. The Balaban J connectivity index is 1.28. The topological polar surface area (TPSA) is 175 Å². The van der Waals surface area contributed by atoms with Crippen molar-refractivity contribution in [2.24, 2.45) is 5.92 Å². The first kappa shape index (κ1) is 37.4. The van der Waals surface area contributed by atoms with Crippen LogP contribution in [0, 0.1) is 5.92 Å². The number of hydrogen-bond donors (Lipinski definition) is 3. The van der Waals surface area contributed by atoms with E-state index >= 15 is 0 Å². The monoisotopic (exact) mass is 752 g/mol. The lowest BCUT2D eigenvalue weighted by atomic mass is 9.98. The summed E-state index contributed by atoms with van der Waals surface area (Å²) in [6.07, 6.45) is -3.98. The average Bonchev–Trinajstić information content (AvgIpc) is 3.97. The first-order valence-electron chi connectivity index (χ1n) is 17.5. The van der Waals surface area contributed by atoms with Crippen LogP contribution in [0.2, 0.25) is 0 Å². The molecule has 0 radical (unpaired) electrons. The lowest BCUT2D eigenvalue weighted by molar-refractivity contribution is -0.155. The van der Waals surface area contributed by atoms with Gasteiger partial charge in [-0.1, -0.05) is 30.7 Å². The number of halogens is 3. The van der Waals surface area contributed by atoms with Crippen LogP contribution in [0.15, 0.2) is 30.9 Å².